The van der Waals surface area contributed by atoms with Gasteiger partial charge in [-0.3, -0.25) is 9.38 Å². The molecule has 0 aliphatic rings. The van der Waals surface area contributed by atoms with Crippen molar-refractivity contribution in [3.63, 3.8) is 0 Å². The SMILES string of the molecule is Brc1cccc2nc(COc3cccnc3)cn12. The quantitative estimate of drug-likeness (QED) is 0.698. The largest absolute Gasteiger partial charge is 0.486 e. The fourth-order valence-electron chi connectivity index (χ4n) is 1.69. The summed E-state index contributed by atoms with van der Waals surface area (Å²) in [4.78, 5) is 8.47. The summed E-state index contributed by atoms with van der Waals surface area (Å²) in [5.41, 5.74) is 1.78. The van der Waals surface area contributed by atoms with Gasteiger partial charge < -0.3 is 4.74 Å². The molecule has 0 saturated heterocycles. The van der Waals surface area contributed by atoms with Crippen LogP contribution < -0.4 is 4.74 Å². The van der Waals surface area contributed by atoms with Crippen LogP contribution in [0.25, 0.3) is 5.65 Å². The van der Waals surface area contributed by atoms with Gasteiger partial charge in [0, 0.05) is 12.4 Å². The molecule has 3 rings (SSSR count). The molecule has 0 radical (unpaired) electrons. The van der Waals surface area contributed by atoms with Crippen molar-refractivity contribution in [1.29, 1.82) is 0 Å². The van der Waals surface area contributed by atoms with Crippen LogP contribution in [0, 0.1) is 0 Å². The number of ether oxygens (including phenoxy) is 1. The molecule has 5 heteroatoms. The first-order valence-electron chi connectivity index (χ1n) is 5.48. The maximum Gasteiger partial charge on any atom is 0.138 e. The monoisotopic (exact) mass is 303 g/mol. The van der Waals surface area contributed by atoms with E-state index in [0.717, 1.165) is 21.7 Å². The molecule has 0 spiro atoms. The first-order chi connectivity index (χ1) is 8.83. The zero-order chi connectivity index (χ0) is 12.4. The summed E-state index contributed by atoms with van der Waals surface area (Å²) in [6, 6.07) is 9.60. The molecule has 0 aromatic carbocycles. The first-order valence-corrected chi connectivity index (χ1v) is 6.27. The standard InChI is InChI=1S/C13H10BrN3O/c14-12-4-1-5-13-16-10(8-17(12)13)9-18-11-3-2-6-15-7-11/h1-8H,9H2. The Morgan fingerprint density at radius 2 is 2.17 bits per heavy atom. The lowest BCUT2D eigenvalue weighted by atomic mass is 10.4. The molecule has 0 N–H and O–H groups in total. The van der Waals surface area contributed by atoms with Crippen LogP contribution in [0.3, 0.4) is 0 Å². The molecule has 4 nitrogen and oxygen atoms in total. The second-order valence-electron chi connectivity index (χ2n) is 3.79. The van der Waals surface area contributed by atoms with Gasteiger partial charge in [0.05, 0.1) is 16.5 Å². The van der Waals surface area contributed by atoms with Gasteiger partial charge in [0.25, 0.3) is 0 Å². The van der Waals surface area contributed by atoms with E-state index in [1.165, 1.54) is 0 Å². The molecule has 0 amide bonds. The van der Waals surface area contributed by atoms with Crippen LogP contribution in [0.15, 0.2) is 53.5 Å². The summed E-state index contributed by atoms with van der Waals surface area (Å²) in [6.07, 6.45) is 5.36. The Balaban J connectivity index is 1.81. The molecule has 0 aliphatic carbocycles. The van der Waals surface area contributed by atoms with Crippen molar-refractivity contribution in [3.05, 3.63) is 59.2 Å². The van der Waals surface area contributed by atoms with Crippen LogP contribution >= 0.6 is 15.9 Å². The molecule has 0 bridgehead atoms. The van der Waals surface area contributed by atoms with Crippen LogP contribution in [0.2, 0.25) is 0 Å². The summed E-state index contributed by atoms with van der Waals surface area (Å²) < 4.78 is 8.55. The number of rotatable bonds is 3. The van der Waals surface area contributed by atoms with Gasteiger partial charge in [-0.25, -0.2) is 4.98 Å². The summed E-state index contributed by atoms with van der Waals surface area (Å²) >= 11 is 3.48. The molecule has 90 valence electrons. The third-order valence-corrected chi connectivity index (χ3v) is 3.16. The smallest absolute Gasteiger partial charge is 0.138 e. The van der Waals surface area contributed by atoms with Crippen molar-refractivity contribution in [2.24, 2.45) is 0 Å². The highest BCUT2D eigenvalue weighted by atomic mass is 79.9. The van der Waals surface area contributed by atoms with Crippen molar-refractivity contribution in [2.75, 3.05) is 0 Å². The Morgan fingerprint density at radius 3 is 2.94 bits per heavy atom. The zero-order valence-corrected chi connectivity index (χ0v) is 11.0. The third-order valence-electron chi connectivity index (χ3n) is 2.51. The van der Waals surface area contributed by atoms with Gasteiger partial charge in [0.2, 0.25) is 0 Å². The molecule has 3 aromatic heterocycles. The van der Waals surface area contributed by atoms with Crippen molar-refractivity contribution < 1.29 is 4.74 Å². The van der Waals surface area contributed by atoms with E-state index in [2.05, 4.69) is 25.9 Å². The van der Waals surface area contributed by atoms with E-state index >= 15 is 0 Å². The van der Waals surface area contributed by atoms with Crippen LogP contribution in [0.4, 0.5) is 0 Å². The normalized spacial score (nSPS) is 10.7. The molecule has 3 aromatic rings. The Labute approximate surface area is 112 Å². The Hall–Kier alpha value is -1.88. The van der Waals surface area contributed by atoms with E-state index in [0.29, 0.717) is 6.61 Å². The number of imidazole rings is 1. The predicted octanol–water partition coefficient (Wildman–Crippen LogP) is 3.07. The van der Waals surface area contributed by atoms with E-state index in [9.17, 15) is 0 Å². The van der Waals surface area contributed by atoms with Gasteiger partial charge in [-0.05, 0) is 40.2 Å². The zero-order valence-electron chi connectivity index (χ0n) is 9.45. The molecule has 3 heterocycles. The van der Waals surface area contributed by atoms with Gasteiger partial charge >= 0.3 is 0 Å². The fraction of sp³-hybridized carbons (Fsp3) is 0.0769. The average Bonchev–Trinajstić information content (AvgIpc) is 2.82. The summed E-state index contributed by atoms with van der Waals surface area (Å²) in [5, 5.41) is 0. The lowest BCUT2D eigenvalue weighted by molar-refractivity contribution is 0.301. The fourth-order valence-corrected chi connectivity index (χ4v) is 2.12. The number of hydrogen-bond acceptors (Lipinski definition) is 3. The minimum absolute atomic E-state index is 0.430. The molecule has 0 unspecified atom stereocenters. The van der Waals surface area contributed by atoms with Gasteiger partial charge in [0.1, 0.15) is 18.0 Å². The second-order valence-corrected chi connectivity index (χ2v) is 4.60. The van der Waals surface area contributed by atoms with Crippen molar-refractivity contribution >= 4 is 21.6 Å². The topological polar surface area (TPSA) is 39.4 Å². The lowest BCUT2D eigenvalue weighted by Crippen LogP contribution is -1.95. The van der Waals surface area contributed by atoms with Crippen LogP contribution in [-0.4, -0.2) is 14.4 Å². The van der Waals surface area contributed by atoms with Crippen LogP contribution in [0.1, 0.15) is 5.69 Å². The van der Waals surface area contributed by atoms with E-state index < -0.39 is 0 Å². The highest BCUT2D eigenvalue weighted by molar-refractivity contribution is 9.10. The number of fused-ring (bicyclic) bond motifs is 1. The van der Waals surface area contributed by atoms with Crippen molar-refractivity contribution in [2.45, 2.75) is 6.61 Å². The number of aromatic nitrogens is 3. The molecule has 0 fully saturated rings. The Kier molecular flexibility index (Phi) is 2.98. The lowest BCUT2D eigenvalue weighted by Gasteiger charge is -2.01. The van der Waals surface area contributed by atoms with E-state index in [-0.39, 0.29) is 0 Å². The highest BCUT2D eigenvalue weighted by Gasteiger charge is 2.04. The highest BCUT2D eigenvalue weighted by Crippen LogP contribution is 2.15. The first kappa shape index (κ1) is 11.2. The third kappa shape index (κ3) is 2.22. The minimum Gasteiger partial charge on any atom is -0.486 e. The molecule has 18 heavy (non-hydrogen) atoms. The van der Waals surface area contributed by atoms with Gasteiger partial charge in [-0.15, -0.1) is 0 Å². The van der Waals surface area contributed by atoms with Crippen LogP contribution in [0.5, 0.6) is 5.75 Å². The molecule has 0 atom stereocenters. The molecule has 0 saturated carbocycles. The van der Waals surface area contributed by atoms with Crippen molar-refractivity contribution in [1.82, 2.24) is 14.4 Å². The summed E-state index contributed by atoms with van der Waals surface area (Å²) in [6.45, 7) is 0.430. The molecule has 0 aliphatic heterocycles. The predicted molar refractivity (Wildman–Crippen MR) is 71.5 cm³/mol. The van der Waals surface area contributed by atoms with E-state index in [1.54, 1.807) is 12.4 Å². The van der Waals surface area contributed by atoms with Crippen molar-refractivity contribution in [3.8, 4) is 5.75 Å². The summed E-state index contributed by atoms with van der Waals surface area (Å²) in [5.74, 6) is 0.744. The minimum atomic E-state index is 0.430. The maximum absolute atomic E-state index is 5.61. The Bertz CT molecular complexity index is 666. The number of hydrogen-bond donors (Lipinski definition) is 0. The van der Waals surface area contributed by atoms with Gasteiger partial charge in [-0.2, -0.15) is 0 Å². The molecular formula is C13H10BrN3O. The number of halogens is 1. The van der Waals surface area contributed by atoms with Crippen LogP contribution in [-0.2, 0) is 6.61 Å². The average molecular weight is 304 g/mol. The van der Waals surface area contributed by atoms with E-state index in [1.807, 2.05) is 40.9 Å². The number of pyridine rings is 2. The maximum atomic E-state index is 5.61. The number of nitrogens with zero attached hydrogens (tertiary/aromatic N) is 3. The Morgan fingerprint density at radius 1 is 1.22 bits per heavy atom. The van der Waals surface area contributed by atoms with Gasteiger partial charge in [0.15, 0.2) is 0 Å². The van der Waals surface area contributed by atoms with E-state index in [4.69, 9.17) is 4.74 Å². The molecular weight excluding hydrogens is 294 g/mol. The second kappa shape index (κ2) is 4.78. The van der Waals surface area contributed by atoms with Gasteiger partial charge in [-0.1, -0.05) is 6.07 Å². The summed E-state index contributed by atoms with van der Waals surface area (Å²) in [7, 11) is 0.